The number of fused-ring (bicyclic) bond motifs is 1. The third-order valence-electron chi connectivity index (χ3n) is 4.41. The second kappa shape index (κ2) is 11.3. The van der Waals surface area contributed by atoms with Crippen LogP contribution in [0.1, 0.15) is 20.1 Å². The van der Waals surface area contributed by atoms with Crippen LogP contribution in [-0.2, 0) is 6.54 Å². The van der Waals surface area contributed by atoms with Crippen LogP contribution in [0, 0.1) is 5.92 Å². The molecule has 0 bridgehead atoms. The Kier molecular flexibility index (Phi) is 8.86. The number of aliphatic hydroxyl groups is 2. The summed E-state index contributed by atoms with van der Waals surface area (Å²) in [5.41, 5.74) is 1.84. The van der Waals surface area contributed by atoms with Gasteiger partial charge in [0.15, 0.2) is 16.8 Å². The van der Waals surface area contributed by atoms with E-state index in [9.17, 15) is 10.3 Å². The molecule has 0 spiro atoms. The number of para-hydroxylation sites is 2. The smallest absolute Gasteiger partial charge is 0.287 e. The van der Waals surface area contributed by atoms with Gasteiger partial charge in [0.25, 0.3) is 6.33 Å². The van der Waals surface area contributed by atoms with E-state index in [1.54, 1.807) is 28.8 Å². The normalized spacial score (nSPS) is 13.8. The van der Waals surface area contributed by atoms with E-state index in [1.165, 1.54) is 10.9 Å². The second-order valence-corrected chi connectivity index (χ2v) is 6.95. The van der Waals surface area contributed by atoms with Gasteiger partial charge in [0.1, 0.15) is 6.54 Å². The molecule has 0 aliphatic heterocycles. The van der Waals surface area contributed by atoms with Crippen molar-refractivity contribution in [2.45, 2.75) is 26.6 Å². The van der Waals surface area contributed by atoms with Crippen LogP contribution in [0.5, 0.6) is 0 Å². The van der Waals surface area contributed by atoms with Crippen molar-refractivity contribution in [3.63, 3.8) is 0 Å². The number of pyridine rings is 1. The number of benzene rings is 1. The summed E-state index contributed by atoms with van der Waals surface area (Å²) in [5.74, 6) is 0.382. The molecule has 2 aromatic heterocycles. The highest BCUT2D eigenvalue weighted by Crippen LogP contribution is 2.11. The molecular formula is C20H26ClN7O3. The Morgan fingerprint density at radius 1 is 1.13 bits per heavy atom. The van der Waals surface area contributed by atoms with E-state index in [0.717, 1.165) is 4.73 Å². The topological polar surface area (TPSA) is 124 Å². The molecule has 3 rings (SSSR count). The monoisotopic (exact) mass is 447 g/mol. The molecule has 2 heterocycles. The Bertz CT molecular complexity index is 1120. The number of halogens is 1. The zero-order valence-corrected chi connectivity index (χ0v) is 18.1. The molecule has 0 aliphatic rings. The number of nitrogens with zero attached hydrogens (tertiary/aromatic N) is 7. The molecule has 3 N–H and O–H groups in total. The van der Waals surface area contributed by atoms with E-state index in [0.29, 0.717) is 28.9 Å². The van der Waals surface area contributed by atoms with Crippen molar-refractivity contribution in [3.8, 4) is 0 Å². The molecule has 1 atom stereocenters. The maximum absolute atomic E-state index is 10.5. The predicted molar refractivity (Wildman–Crippen MR) is 110 cm³/mol. The molecule has 31 heavy (non-hydrogen) atoms. The fourth-order valence-corrected chi connectivity index (χ4v) is 2.84. The van der Waals surface area contributed by atoms with Crippen molar-refractivity contribution >= 4 is 16.9 Å². The van der Waals surface area contributed by atoms with E-state index < -0.39 is 6.23 Å². The molecule has 0 aliphatic carbocycles. The van der Waals surface area contributed by atoms with Crippen LogP contribution in [0.4, 0.5) is 0 Å². The van der Waals surface area contributed by atoms with Crippen LogP contribution in [0.25, 0.3) is 11.0 Å². The highest BCUT2D eigenvalue weighted by molar-refractivity contribution is 5.84. The van der Waals surface area contributed by atoms with Crippen molar-refractivity contribution in [1.29, 1.82) is 0 Å². The lowest BCUT2D eigenvalue weighted by Gasteiger charge is -2.05. The van der Waals surface area contributed by atoms with Crippen LogP contribution in [0.2, 0.25) is 0 Å². The fourth-order valence-electron chi connectivity index (χ4n) is 2.84. The second-order valence-electron chi connectivity index (χ2n) is 6.95. The zero-order valence-electron chi connectivity index (χ0n) is 17.3. The molecule has 0 saturated carbocycles. The minimum Gasteiger partial charge on any atom is -1.00 e. The predicted octanol–water partition coefficient (Wildman–Crippen LogP) is -1.52. The Labute approximate surface area is 185 Å². The number of imidazole rings is 1. The minimum atomic E-state index is -1.00. The number of hydrogen-bond donors (Lipinski definition) is 3. The number of amidine groups is 1. The summed E-state index contributed by atoms with van der Waals surface area (Å²) in [6.07, 6.45) is 2.21. The number of hydrogen-bond acceptors (Lipinski definition) is 6. The number of azo groups is 1. The lowest BCUT2D eigenvalue weighted by Crippen LogP contribution is -3.00. The van der Waals surface area contributed by atoms with Crippen molar-refractivity contribution in [2.24, 2.45) is 26.3 Å². The molecule has 0 saturated heterocycles. The van der Waals surface area contributed by atoms with Crippen LogP contribution in [0.15, 0.2) is 75.4 Å². The van der Waals surface area contributed by atoms with Gasteiger partial charge < -0.3 is 32.4 Å². The van der Waals surface area contributed by atoms with E-state index in [4.69, 9.17) is 5.11 Å². The van der Waals surface area contributed by atoms with Crippen molar-refractivity contribution < 1.29 is 32.4 Å². The van der Waals surface area contributed by atoms with Crippen LogP contribution >= 0.6 is 0 Å². The summed E-state index contributed by atoms with van der Waals surface area (Å²) in [5, 5.41) is 46.3. The molecule has 10 nitrogen and oxygen atoms in total. The van der Waals surface area contributed by atoms with Gasteiger partial charge in [-0.3, -0.25) is 0 Å². The van der Waals surface area contributed by atoms with Crippen molar-refractivity contribution in [2.75, 3.05) is 13.2 Å². The maximum atomic E-state index is 10.5. The van der Waals surface area contributed by atoms with E-state index in [2.05, 4.69) is 20.4 Å². The van der Waals surface area contributed by atoms with E-state index >= 15 is 0 Å². The lowest BCUT2D eigenvalue weighted by molar-refractivity contribution is -0.735. The fraction of sp³-hybridized carbons (Fsp3) is 0.350. The van der Waals surface area contributed by atoms with Crippen LogP contribution < -0.4 is 22.5 Å². The first-order valence-corrected chi connectivity index (χ1v) is 9.65. The molecule has 1 unspecified atom stereocenters. The Balaban J connectivity index is 0.00000341. The molecule has 1 aromatic carbocycles. The van der Waals surface area contributed by atoms with Crippen molar-refractivity contribution in [3.05, 3.63) is 60.5 Å². The summed E-state index contributed by atoms with van der Waals surface area (Å²) in [4.78, 5) is 0. The third kappa shape index (κ3) is 5.97. The SMILES string of the molecule is CC(C)C(N=NCC(O)[n+]1cn(O)c2ccccc21)=NN=c1ccccn1CCO.[Cl-]. The van der Waals surface area contributed by atoms with Gasteiger partial charge in [-0.15, -0.1) is 15.3 Å². The Hall–Kier alpha value is -3.08. The number of aliphatic hydroxyl groups excluding tert-OH is 2. The summed E-state index contributed by atoms with van der Waals surface area (Å²) in [6, 6.07) is 12.6. The standard InChI is InChI=1S/C20H26N7O3.ClH/c1-15(2)20(24-22-18-9-5-6-10-25(18)11-12-28)23-21-13-19(29)26-14-27(30)17-8-4-3-7-16(17)26;/h3-10,14-15,19,28-30H,11-13H2,1-2H3;1H/q+1;/p-1. The third-order valence-corrected chi connectivity index (χ3v) is 4.41. The zero-order chi connectivity index (χ0) is 21.5. The molecule has 0 radical (unpaired) electrons. The first kappa shape index (κ1) is 24.2. The summed E-state index contributed by atoms with van der Waals surface area (Å²) < 4.78 is 4.26. The van der Waals surface area contributed by atoms with Gasteiger partial charge in [-0.25, -0.2) is 0 Å². The first-order valence-electron chi connectivity index (χ1n) is 9.65. The molecule has 11 heteroatoms. The highest BCUT2D eigenvalue weighted by Gasteiger charge is 2.20. The van der Waals surface area contributed by atoms with E-state index in [-0.39, 0.29) is 31.5 Å². The van der Waals surface area contributed by atoms with Gasteiger partial charge in [-0.1, -0.05) is 32.0 Å². The Morgan fingerprint density at radius 3 is 2.61 bits per heavy atom. The van der Waals surface area contributed by atoms with Gasteiger partial charge in [-0.05, 0) is 29.0 Å². The summed E-state index contributed by atoms with van der Waals surface area (Å²) in [6.45, 7) is 4.24. The first-order chi connectivity index (χ1) is 14.5. The highest BCUT2D eigenvalue weighted by atomic mass is 35.5. The number of rotatable bonds is 7. The van der Waals surface area contributed by atoms with Gasteiger partial charge >= 0.3 is 0 Å². The van der Waals surface area contributed by atoms with Gasteiger partial charge in [0.05, 0.1) is 6.61 Å². The molecule has 166 valence electrons. The van der Waals surface area contributed by atoms with Gasteiger partial charge in [-0.2, -0.15) is 9.68 Å². The molecule has 0 amide bonds. The average Bonchev–Trinajstić information content (AvgIpc) is 3.08. The minimum absolute atomic E-state index is 0. The van der Waals surface area contributed by atoms with Gasteiger partial charge in [0.2, 0.25) is 11.7 Å². The molecule has 0 fully saturated rings. The summed E-state index contributed by atoms with van der Waals surface area (Å²) in [7, 11) is 0. The quantitative estimate of drug-likeness (QED) is 0.102. The van der Waals surface area contributed by atoms with Crippen molar-refractivity contribution in [1.82, 2.24) is 9.30 Å². The Morgan fingerprint density at radius 2 is 1.87 bits per heavy atom. The largest absolute Gasteiger partial charge is 1.00 e. The molecular weight excluding hydrogens is 422 g/mol. The van der Waals surface area contributed by atoms with Gasteiger partial charge in [0, 0.05) is 18.7 Å². The van der Waals surface area contributed by atoms with E-state index in [1.807, 2.05) is 38.2 Å². The van der Waals surface area contributed by atoms with Crippen LogP contribution in [0.3, 0.4) is 0 Å². The maximum Gasteiger partial charge on any atom is 0.287 e. The summed E-state index contributed by atoms with van der Waals surface area (Å²) >= 11 is 0. The average molecular weight is 448 g/mol. The lowest BCUT2D eigenvalue weighted by atomic mass is 10.2. The van der Waals surface area contributed by atoms with Crippen LogP contribution in [-0.4, -0.2) is 43.7 Å². The molecule has 3 aromatic rings. The number of aromatic nitrogens is 3.